The van der Waals surface area contributed by atoms with Gasteiger partial charge in [-0.2, -0.15) is 0 Å². The van der Waals surface area contributed by atoms with Crippen molar-refractivity contribution in [1.29, 1.82) is 0 Å². The summed E-state index contributed by atoms with van der Waals surface area (Å²) in [5, 5.41) is 26.0. The summed E-state index contributed by atoms with van der Waals surface area (Å²) in [6.07, 6.45) is 0. The molecule has 0 atom stereocenters. The fourth-order valence-electron chi connectivity index (χ4n) is 13.3. The molecule has 0 fully saturated rings. The van der Waals surface area contributed by atoms with Gasteiger partial charge in [0, 0.05) is 0 Å². The minimum Gasteiger partial charge on any atom is -0.0622 e. The standard InChI is InChI=1S/C74H54/c1-73(2,3)47-38-46(39-48(40-47)74(4,5)6)52-37-36-51(45-20-8-7-9-21-45)68-63-41-61-58-33-19-35-60-66(58)64(42-62(61)57-32-18-34-59(65(57)63)67(52)68)72-70(54-31-17-25-44-23-11-13-27-50(44)54)56-29-15-14-28-55(56)69(71(60)72)53-30-16-24-43-22-10-12-26-49(43)53/h7-42H,1-6H3. The molecule has 350 valence electrons. The van der Waals surface area contributed by atoms with Gasteiger partial charge in [-0.1, -0.05) is 248 Å². The summed E-state index contributed by atoms with van der Waals surface area (Å²) >= 11 is 0. The first-order valence-electron chi connectivity index (χ1n) is 26.4. The highest BCUT2D eigenvalue weighted by molar-refractivity contribution is 6.46. The van der Waals surface area contributed by atoms with Crippen LogP contribution in [0.5, 0.6) is 0 Å². The predicted molar refractivity (Wildman–Crippen MR) is 323 cm³/mol. The molecule has 0 bridgehead atoms. The molecule has 15 aromatic carbocycles. The second-order valence-electron chi connectivity index (χ2n) is 23.1. The Morgan fingerprint density at radius 1 is 0.216 bits per heavy atom. The van der Waals surface area contributed by atoms with Crippen LogP contribution in [0.4, 0.5) is 0 Å². The van der Waals surface area contributed by atoms with Crippen LogP contribution < -0.4 is 0 Å². The van der Waals surface area contributed by atoms with E-state index in [1.54, 1.807) is 0 Å². The van der Waals surface area contributed by atoms with Crippen molar-refractivity contribution in [2.24, 2.45) is 0 Å². The van der Waals surface area contributed by atoms with E-state index in [9.17, 15) is 0 Å². The molecule has 0 spiro atoms. The Kier molecular flexibility index (Phi) is 9.00. The van der Waals surface area contributed by atoms with Gasteiger partial charge in [-0.15, -0.1) is 0 Å². The highest BCUT2D eigenvalue weighted by atomic mass is 14.3. The molecule has 0 saturated heterocycles. The van der Waals surface area contributed by atoms with Crippen molar-refractivity contribution in [3.05, 3.63) is 230 Å². The fourth-order valence-corrected chi connectivity index (χ4v) is 13.3. The largest absolute Gasteiger partial charge is 0.0622 e. The van der Waals surface area contributed by atoms with Crippen LogP contribution in [0.3, 0.4) is 0 Å². The quantitative estimate of drug-likeness (QED) is 0.154. The van der Waals surface area contributed by atoms with Crippen molar-refractivity contribution in [3.8, 4) is 44.5 Å². The zero-order valence-electron chi connectivity index (χ0n) is 42.8. The Labute approximate surface area is 431 Å². The molecule has 74 heavy (non-hydrogen) atoms. The van der Waals surface area contributed by atoms with Gasteiger partial charge in [0.1, 0.15) is 0 Å². The summed E-state index contributed by atoms with van der Waals surface area (Å²) in [5.41, 5.74) is 12.9. The van der Waals surface area contributed by atoms with E-state index in [4.69, 9.17) is 0 Å². The molecule has 0 radical (unpaired) electrons. The Morgan fingerprint density at radius 3 is 1.12 bits per heavy atom. The van der Waals surface area contributed by atoms with Crippen LogP contribution in [0.1, 0.15) is 52.7 Å². The molecule has 0 aromatic heterocycles. The van der Waals surface area contributed by atoms with Crippen molar-refractivity contribution >= 4 is 108 Å². The molecule has 0 heteroatoms. The van der Waals surface area contributed by atoms with Crippen LogP contribution in [-0.2, 0) is 10.8 Å². The fraction of sp³-hybridized carbons (Fsp3) is 0.108. The van der Waals surface area contributed by atoms with Crippen LogP contribution in [0.15, 0.2) is 218 Å². The van der Waals surface area contributed by atoms with Crippen LogP contribution in [0, 0.1) is 0 Å². The van der Waals surface area contributed by atoms with Gasteiger partial charge in [0.15, 0.2) is 0 Å². The Bertz CT molecular complexity index is 4780. The highest BCUT2D eigenvalue weighted by Crippen LogP contribution is 2.56. The van der Waals surface area contributed by atoms with Gasteiger partial charge in [-0.3, -0.25) is 0 Å². The van der Waals surface area contributed by atoms with Crippen molar-refractivity contribution in [2.45, 2.75) is 52.4 Å². The third-order valence-corrected chi connectivity index (χ3v) is 16.8. The number of benzene rings is 13. The van der Waals surface area contributed by atoms with Crippen molar-refractivity contribution in [2.75, 3.05) is 0 Å². The van der Waals surface area contributed by atoms with Crippen LogP contribution >= 0.6 is 0 Å². The minimum absolute atomic E-state index is 0.0134. The van der Waals surface area contributed by atoms with E-state index in [2.05, 4.69) is 260 Å². The Morgan fingerprint density at radius 2 is 0.595 bits per heavy atom. The molecule has 15 rings (SSSR count). The number of hydrogen-bond donors (Lipinski definition) is 0. The van der Waals surface area contributed by atoms with E-state index < -0.39 is 0 Å². The topological polar surface area (TPSA) is 0 Å². The Balaban J connectivity index is 1.15. The van der Waals surface area contributed by atoms with Crippen LogP contribution in [0.25, 0.3) is 152 Å². The lowest BCUT2D eigenvalue weighted by molar-refractivity contribution is 0.569. The molecule has 0 aliphatic rings. The lowest BCUT2D eigenvalue weighted by atomic mass is 9.78. The number of fused-ring (bicyclic) bond motifs is 12. The van der Waals surface area contributed by atoms with Gasteiger partial charge >= 0.3 is 0 Å². The molecular weight excluding hydrogens is 889 g/mol. The smallest absolute Gasteiger partial charge is 0.000696 e. The number of rotatable bonds is 4. The first-order chi connectivity index (χ1) is 36.0. The SMILES string of the molecule is CC(C)(C)c1cc(-c2ccc(-c3ccccc3)c3c4cc5c(cc6c7c(-c8cccc9ccccc89)c8ccccc8c(-c8cccc9ccccc89)c7c7cccc5c76)c5cccc(c23)c54)cc(C(C)(C)C)c1. The molecule has 15 aromatic rings. The Hall–Kier alpha value is -8.58. The zero-order chi connectivity index (χ0) is 49.8. The first-order valence-corrected chi connectivity index (χ1v) is 26.4. The average molecular weight is 943 g/mol. The molecule has 0 nitrogen and oxygen atoms in total. The second kappa shape index (κ2) is 15.5. The molecule has 0 amide bonds. The summed E-state index contributed by atoms with van der Waals surface area (Å²) in [5.74, 6) is 0. The molecule has 0 saturated carbocycles. The minimum atomic E-state index is -0.0134. The summed E-state index contributed by atoms with van der Waals surface area (Å²) in [7, 11) is 0. The summed E-state index contributed by atoms with van der Waals surface area (Å²) in [6, 6.07) is 83.5. The van der Waals surface area contributed by atoms with Crippen molar-refractivity contribution in [3.63, 3.8) is 0 Å². The summed E-state index contributed by atoms with van der Waals surface area (Å²) in [6.45, 7) is 14.1. The van der Waals surface area contributed by atoms with E-state index >= 15 is 0 Å². The van der Waals surface area contributed by atoms with Gasteiger partial charge < -0.3 is 0 Å². The van der Waals surface area contributed by atoms with E-state index in [-0.39, 0.29) is 10.8 Å². The van der Waals surface area contributed by atoms with Crippen molar-refractivity contribution < 1.29 is 0 Å². The molecule has 0 aliphatic carbocycles. The highest BCUT2D eigenvalue weighted by Gasteiger charge is 2.29. The van der Waals surface area contributed by atoms with E-state index in [0.717, 1.165) is 0 Å². The molecule has 0 unspecified atom stereocenters. The third kappa shape index (κ3) is 6.09. The lowest BCUT2D eigenvalue weighted by Gasteiger charge is -2.26. The zero-order valence-corrected chi connectivity index (χ0v) is 42.8. The van der Waals surface area contributed by atoms with Crippen LogP contribution in [-0.4, -0.2) is 0 Å². The molecular formula is C74H54. The van der Waals surface area contributed by atoms with Gasteiger partial charge in [0.25, 0.3) is 0 Å². The maximum atomic E-state index is 2.59. The van der Waals surface area contributed by atoms with Gasteiger partial charge in [-0.25, -0.2) is 0 Å². The third-order valence-electron chi connectivity index (χ3n) is 16.8. The second-order valence-corrected chi connectivity index (χ2v) is 23.1. The average Bonchev–Trinajstić information content (AvgIpc) is 3.94. The maximum Gasteiger partial charge on any atom is -0.000696 e. The molecule has 0 aliphatic heterocycles. The summed E-state index contributed by atoms with van der Waals surface area (Å²) in [4.78, 5) is 0. The first kappa shape index (κ1) is 43.0. The molecule has 0 N–H and O–H groups in total. The monoisotopic (exact) mass is 942 g/mol. The number of hydrogen-bond acceptors (Lipinski definition) is 0. The lowest BCUT2D eigenvalue weighted by Crippen LogP contribution is -2.16. The van der Waals surface area contributed by atoms with Crippen LogP contribution in [0.2, 0.25) is 0 Å². The van der Waals surface area contributed by atoms with E-state index in [1.165, 1.54) is 163 Å². The van der Waals surface area contributed by atoms with Gasteiger partial charge in [0.05, 0.1) is 0 Å². The summed E-state index contributed by atoms with van der Waals surface area (Å²) < 4.78 is 0. The van der Waals surface area contributed by atoms with E-state index in [1.807, 2.05) is 0 Å². The van der Waals surface area contributed by atoms with Gasteiger partial charge in [0.2, 0.25) is 0 Å². The van der Waals surface area contributed by atoms with E-state index in [0.29, 0.717) is 0 Å². The predicted octanol–water partition coefficient (Wildman–Crippen LogP) is 21.4. The normalized spacial score (nSPS) is 12.7. The van der Waals surface area contributed by atoms with Gasteiger partial charge in [-0.05, 0) is 186 Å². The maximum absolute atomic E-state index is 2.59. The van der Waals surface area contributed by atoms with Crippen molar-refractivity contribution in [1.82, 2.24) is 0 Å². The molecule has 0 heterocycles.